The number of aryl methyl sites for hydroxylation is 2. The van der Waals surface area contributed by atoms with Crippen LogP contribution in [0.4, 0.5) is 20.2 Å². The summed E-state index contributed by atoms with van der Waals surface area (Å²) < 4.78 is 46.0. The maximum absolute atomic E-state index is 16.0. The number of ketones is 1. The highest BCUT2D eigenvalue weighted by atomic mass is 19.1. The number of nitrogens with zero attached hydrogens (tertiary/aromatic N) is 6. The number of anilines is 1. The molecule has 0 bridgehead atoms. The summed E-state index contributed by atoms with van der Waals surface area (Å²) in [6.45, 7) is 11.1. The highest BCUT2D eigenvalue weighted by Gasteiger charge is 2.59. The molecule has 0 radical (unpaired) electrons. The summed E-state index contributed by atoms with van der Waals surface area (Å²) in [7, 11) is 1.58. The van der Waals surface area contributed by atoms with Gasteiger partial charge < -0.3 is 30.7 Å². The second kappa shape index (κ2) is 16.0. The monoisotopic (exact) mass is 900 g/mol. The summed E-state index contributed by atoms with van der Waals surface area (Å²) >= 11 is 0. The van der Waals surface area contributed by atoms with Gasteiger partial charge in [0.1, 0.15) is 22.9 Å². The van der Waals surface area contributed by atoms with E-state index in [1.54, 1.807) is 33.9 Å². The number of imidazole rings is 1. The molecular weight excluding hydrogens is 851 g/mol. The molecule has 4 unspecified atom stereocenters. The zero-order valence-corrected chi connectivity index (χ0v) is 37.6. The van der Waals surface area contributed by atoms with Crippen molar-refractivity contribution >= 4 is 46.0 Å². The fraction of sp³-hybridized carbons (Fsp3) is 0.354. The number of hydrogen-bond acceptors (Lipinski definition) is 11. The number of benzene rings is 3. The lowest BCUT2D eigenvalue weighted by atomic mass is 9.83. The second-order valence-electron chi connectivity index (χ2n) is 18.2. The van der Waals surface area contributed by atoms with E-state index in [1.807, 2.05) is 17.6 Å². The number of Topliss-reactive ketones (excluding diaryl/α,β-unsaturated/α-hetero) is 1. The fourth-order valence-corrected chi connectivity index (χ4v) is 9.98. The minimum Gasteiger partial charge on any atom is -0.395 e. The van der Waals surface area contributed by atoms with Gasteiger partial charge in [0.25, 0.3) is 5.91 Å². The van der Waals surface area contributed by atoms with E-state index in [9.17, 15) is 18.8 Å². The highest BCUT2D eigenvalue weighted by Crippen LogP contribution is 2.56. The lowest BCUT2D eigenvalue weighted by molar-refractivity contribution is -0.117. The zero-order chi connectivity index (χ0) is 47.1. The topological polar surface area (TPSA) is 212 Å². The van der Waals surface area contributed by atoms with Crippen LogP contribution in [0.2, 0.25) is 0 Å². The van der Waals surface area contributed by atoms with Crippen LogP contribution >= 0.6 is 0 Å². The van der Waals surface area contributed by atoms with E-state index < -0.39 is 52.9 Å². The van der Waals surface area contributed by atoms with Crippen molar-refractivity contribution < 1.29 is 27.6 Å². The first kappa shape index (κ1) is 44.0. The van der Waals surface area contributed by atoms with Gasteiger partial charge in [-0.05, 0) is 125 Å². The number of nitrogens with two attached hydrogens (primary N) is 1. The van der Waals surface area contributed by atoms with E-state index in [1.165, 1.54) is 41.6 Å². The van der Waals surface area contributed by atoms with E-state index in [0.717, 1.165) is 39.1 Å². The molecule has 1 amide bonds. The van der Waals surface area contributed by atoms with Gasteiger partial charge in [-0.1, -0.05) is 18.1 Å². The number of H-pyrrole nitrogens is 1. The third kappa shape index (κ3) is 7.10. The second-order valence-corrected chi connectivity index (χ2v) is 18.2. The van der Waals surface area contributed by atoms with E-state index in [-0.39, 0.29) is 74.1 Å². The maximum Gasteiger partial charge on any atom is 0.438 e. The Labute approximate surface area is 377 Å². The minimum absolute atomic E-state index is 0.0210. The van der Waals surface area contributed by atoms with Crippen molar-refractivity contribution in [3.05, 3.63) is 139 Å². The molecule has 0 spiro atoms. The van der Waals surface area contributed by atoms with E-state index in [2.05, 4.69) is 41.4 Å². The SMILES string of the molecule is CNc1ccc(-n2ccn(C(=Nc3cc(C)c(F)c(C)c3)C3=C(N)C(=O)CN(C(=O)c4cc5cc(C6CCOC(C)(C)C6)ccc5n4C4(c5noc(=O)[nH]5)CC4C)C3C)c2=O)c(F)c1C=N. The molecule has 1 saturated heterocycles. The zero-order valence-electron chi connectivity index (χ0n) is 37.6. The van der Waals surface area contributed by atoms with Crippen LogP contribution in [0.5, 0.6) is 0 Å². The molecule has 342 valence electrons. The molecule has 2 fully saturated rings. The minimum atomic E-state index is -1.02. The summed E-state index contributed by atoms with van der Waals surface area (Å²) in [5, 5.41) is 15.6. The molecule has 9 rings (SSSR count). The first-order valence-electron chi connectivity index (χ1n) is 21.8. The average Bonchev–Trinajstić information content (AvgIpc) is 3.59. The van der Waals surface area contributed by atoms with Crippen molar-refractivity contribution in [2.75, 3.05) is 25.5 Å². The highest BCUT2D eigenvalue weighted by molar-refractivity contribution is 6.13. The smallest absolute Gasteiger partial charge is 0.395 e. The van der Waals surface area contributed by atoms with Crippen molar-refractivity contribution in [1.29, 1.82) is 5.41 Å². The molecule has 2 aliphatic heterocycles. The Morgan fingerprint density at radius 1 is 1.03 bits per heavy atom. The van der Waals surface area contributed by atoms with Crippen molar-refractivity contribution in [3.63, 3.8) is 0 Å². The number of carbonyl (C=O) groups excluding carboxylic acids is 2. The van der Waals surface area contributed by atoms with Crippen molar-refractivity contribution in [2.45, 2.75) is 83.9 Å². The Bertz CT molecular complexity index is 3180. The summed E-state index contributed by atoms with van der Waals surface area (Å²) in [5.41, 5.74) is 7.18. The van der Waals surface area contributed by atoms with Crippen LogP contribution in [0.15, 0.2) is 91.3 Å². The third-order valence-electron chi connectivity index (χ3n) is 13.5. The third-order valence-corrected chi connectivity index (χ3v) is 13.5. The number of ether oxygens (including phenoxy) is 1. The molecule has 4 atom stereocenters. The number of hydrogen-bond donors (Lipinski definition) is 4. The summed E-state index contributed by atoms with van der Waals surface area (Å²) in [6, 6.07) is 12.7. The Morgan fingerprint density at radius 2 is 1.76 bits per heavy atom. The van der Waals surface area contributed by atoms with Gasteiger partial charge >= 0.3 is 11.4 Å². The standard InChI is InChI=1S/C48H50F2N10O6/c1-24-16-31(17-25(2)39(24)49)54-42(58-14-13-57(46(58)64)35-11-9-33(53-7)32(22-51)40(35)50)38-27(4)59(23-37(61)41(38)52)43(62)36-19-30-18-28(29-12-15-65-47(5,6)21-29)8-10-34(30)60(36)48(20-26(48)3)44-55-45(63)66-56-44/h8-11,13-14,16-19,22,26-27,29,51,53H,12,15,20-21,23,52H2,1-7H3,(H,55,56,63). The number of nitrogens with one attached hydrogen (secondary N) is 3. The molecule has 16 nitrogen and oxygen atoms in total. The Balaban J connectivity index is 1.20. The normalized spacial score (nSPS) is 22.0. The first-order valence-corrected chi connectivity index (χ1v) is 21.8. The van der Waals surface area contributed by atoms with Crippen LogP contribution in [-0.4, -0.2) is 84.3 Å². The first-order chi connectivity index (χ1) is 31.4. The predicted molar refractivity (Wildman–Crippen MR) is 244 cm³/mol. The predicted octanol–water partition coefficient (Wildman–Crippen LogP) is 6.57. The summed E-state index contributed by atoms with van der Waals surface area (Å²) in [5.74, 6) is -3.03. The van der Waals surface area contributed by atoms with Gasteiger partial charge in [-0.15, -0.1) is 0 Å². The van der Waals surface area contributed by atoms with Crippen molar-refractivity contribution in [1.82, 2.24) is 28.7 Å². The molecule has 3 aromatic heterocycles. The van der Waals surface area contributed by atoms with Crippen molar-refractivity contribution in [2.24, 2.45) is 16.6 Å². The van der Waals surface area contributed by atoms with E-state index in [0.29, 0.717) is 24.2 Å². The van der Waals surface area contributed by atoms with Crippen LogP contribution in [0.1, 0.15) is 91.4 Å². The molecule has 1 saturated carbocycles. The summed E-state index contributed by atoms with van der Waals surface area (Å²) in [4.78, 5) is 65.6. The van der Waals surface area contributed by atoms with Crippen molar-refractivity contribution in [3.8, 4) is 5.69 Å². The maximum atomic E-state index is 16.0. The molecule has 3 aliphatic rings. The molecule has 5 heterocycles. The fourth-order valence-electron chi connectivity index (χ4n) is 9.98. The number of aliphatic imine (C=N–C) groups is 1. The molecule has 5 N–H and O–H groups in total. The van der Waals surface area contributed by atoms with Crippen LogP contribution in [0, 0.1) is 36.8 Å². The van der Waals surface area contributed by atoms with Gasteiger partial charge in [-0.2, -0.15) is 0 Å². The Kier molecular flexibility index (Phi) is 10.7. The lowest BCUT2D eigenvalue weighted by Gasteiger charge is -2.36. The number of rotatable bonds is 9. The molecule has 66 heavy (non-hydrogen) atoms. The number of aromatic nitrogens is 5. The largest absolute Gasteiger partial charge is 0.438 e. The molecule has 6 aromatic rings. The molecular formula is C48H50F2N10O6. The van der Waals surface area contributed by atoms with Crippen LogP contribution in [-0.2, 0) is 15.1 Å². The van der Waals surface area contributed by atoms with Gasteiger partial charge in [0, 0.05) is 54.4 Å². The van der Waals surface area contributed by atoms with Gasteiger partial charge in [-0.25, -0.2) is 23.4 Å². The lowest BCUT2D eigenvalue weighted by Crippen LogP contribution is -2.52. The number of fused-ring (bicyclic) bond motifs is 1. The van der Waals surface area contributed by atoms with Gasteiger partial charge in [0.2, 0.25) is 0 Å². The number of aromatic amines is 1. The van der Waals surface area contributed by atoms with Crippen LogP contribution < -0.4 is 22.5 Å². The number of carbonyl (C=O) groups is 2. The van der Waals surface area contributed by atoms with Crippen LogP contribution in [0.3, 0.4) is 0 Å². The molecule has 3 aromatic carbocycles. The Morgan fingerprint density at radius 3 is 2.39 bits per heavy atom. The average molecular weight is 901 g/mol. The quantitative estimate of drug-likeness (QED) is 0.0913. The van der Waals surface area contributed by atoms with Crippen LogP contribution in [0.25, 0.3) is 16.6 Å². The van der Waals surface area contributed by atoms with E-state index >= 15 is 9.18 Å². The number of halogens is 2. The molecule has 18 heteroatoms. The molecule has 1 aliphatic carbocycles. The summed E-state index contributed by atoms with van der Waals surface area (Å²) in [6.07, 6.45) is 5.62. The van der Waals surface area contributed by atoms with Gasteiger partial charge in [0.15, 0.2) is 17.4 Å². The Hall–Kier alpha value is -7.21. The number of amides is 1. The van der Waals surface area contributed by atoms with E-state index in [4.69, 9.17) is 25.4 Å². The van der Waals surface area contributed by atoms with Gasteiger partial charge in [0.05, 0.1) is 40.8 Å². The van der Waals surface area contributed by atoms with Gasteiger partial charge in [-0.3, -0.25) is 28.2 Å².